The molecule has 169 valence electrons. The SMILES string of the molecule is CC(C)CC(N)C(=O)NC(Cc1cnc[nH]1)C(=O)NC(CCCCN)C(=O)O.[Cu]. The molecular weight excluding hydrogens is 428 g/mol. The number of nitrogens with zero attached hydrogens (tertiary/aromatic N) is 1. The number of amides is 2. The summed E-state index contributed by atoms with van der Waals surface area (Å²) in [7, 11) is 0. The zero-order valence-electron chi connectivity index (χ0n) is 16.8. The van der Waals surface area contributed by atoms with E-state index in [9.17, 15) is 19.5 Å². The van der Waals surface area contributed by atoms with Crippen LogP contribution in [0.5, 0.6) is 0 Å². The van der Waals surface area contributed by atoms with Crippen molar-refractivity contribution in [2.75, 3.05) is 6.54 Å². The quantitative estimate of drug-likeness (QED) is 0.170. The van der Waals surface area contributed by atoms with Crippen LogP contribution in [0.3, 0.4) is 0 Å². The predicted molar refractivity (Wildman–Crippen MR) is 104 cm³/mol. The van der Waals surface area contributed by atoms with E-state index in [1.807, 2.05) is 13.8 Å². The zero-order valence-corrected chi connectivity index (χ0v) is 17.7. The molecule has 0 aliphatic carbocycles. The monoisotopic (exact) mass is 459 g/mol. The fourth-order valence-electron chi connectivity index (χ4n) is 2.74. The molecule has 1 radical (unpaired) electrons. The van der Waals surface area contributed by atoms with Crippen LogP contribution in [-0.2, 0) is 37.9 Å². The molecule has 0 bridgehead atoms. The molecule has 1 aromatic rings. The number of nitrogens with one attached hydrogen (secondary N) is 3. The Labute approximate surface area is 181 Å². The first-order chi connectivity index (χ1) is 13.2. The molecule has 0 aliphatic heterocycles. The molecule has 1 aromatic heterocycles. The largest absolute Gasteiger partial charge is 0.480 e. The first-order valence-electron chi connectivity index (χ1n) is 9.51. The Morgan fingerprint density at radius 1 is 1.17 bits per heavy atom. The number of H-pyrrole nitrogens is 1. The van der Waals surface area contributed by atoms with Crippen LogP contribution < -0.4 is 22.1 Å². The topological polar surface area (TPSA) is 176 Å². The summed E-state index contributed by atoms with van der Waals surface area (Å²) in [5, 5.41) is 14.5. The number of carboxylic acid groups (broad SMARTS) is 1. The molecule has 0 aromatic carbocycles. The van der Waals surface area contributed by atoms with Gasteiger partial charge in [0, 0.05) is 35.4 Å². The maximum Gasteiger partial charge on any atom is 0.326 e. The maximum atomic E-state index is 12.7. The summed E-state index contributed by atoms with van der Waals surface area (Å²) in [4.78, 5) is 43.3. The van der Waals surface area contributed by atoms with Gasteiger partial charge in [-0.05, 0) is 38.1 Å². The third kappa shape index (κ3) is 10.4. The fourth-order valence-corrected chi connectivity index (χ4v) is 2.74. The van der Waals surface area contributed by atoms with Crippen LogP contribution in [0.25, 0.3) is 0 Å². The van der Waals surface area contributed by atoms with Crippen molar-refractivity contribution in [1.29, 1.82) is 0 Å². The van der Waals surface area contributed by atoms with Crippen molar-refractivity contribution in [2.45, 2.75) is 64.1 Å². The molecule has 0 aliphatic rings. The van der Waals surface area contributed by atoms with E-state index in [1.54, 1.807) is 0 Å². The van der Waals surface area contributed by atoms with Gasteiger partial charge in [0.05, 0.1) is 12.4 Å². The minimum atomic E-state index is -1.13. The molecule has 0 saturated heterocycles. The number of aromatic amines is 1. The van der Waals surface area contributed by atoms with Crippen LogP contribution in [0.4, 0.5) is 0 Å². The van der Waals surface area contributed by atoms with Crippen molar-refractivity contribution in [3.63, 3.8) is 0 Å². The van der Waals surface area contributed by atoms with Gasteiger partial charge in [-0.25, -0.2) is 9.78 Å². The Balaban J connectivity index is 0.00000784. The summed E-state index contributed by atoms with van der Waals surface area (Å²) in [5.74, 6) is -1.95. The number of unbranched alkanes of at least 4 members (excludes halogenated alkanes) is 1. The Kier molecular flexibility index (Phi) is 13.2. The van der Waals surface area contributed by atoms with Crippen LogP contribution in [0.2, 0.25) is 0 Å². The summed E-state index contributed by atoms with van der Waals surface area (Å²) in [6.07, 6.45) is 5.11. The Morgan fingerprint density at radius 2 is 1.83 bits per heavy atom. The molecule has 0 saturated carbocycles. The summed E-state index contributed by atoms with van der Waals surface area (Å²) in [5.41, 5.74) is 12.0. The van der Waals surface area contributed by atoms with E-state index in [2.05, 4.69) is 20.6 Å². The number of hydrogen-bond acceptors (Lipinski definition) is 6. The molecule has 3 atom stereocenters. The van der Waals surface area contributed by atoms with Gasteiger partial charge in [0.1, 0.15) is 12.1 Å². The van der Waals surface area contributed by atoms with E-state index >= 15 is 0 Å². The van der Waals surface area contributed by atoms with Crippen LogP contribution in [0.1, 0.15) is 45.2 Å². The van der Waals surface area contributed by atoms with Crippen LogP contribution in [-0.4, -0.2) is 57.5 Å². The number of carboxylic acids is 1. The molecule has 3 unspecified atom stereocenters. The Hall–Kier alpha value is -1.94. The van der Waals surface area contributed by atoms with Crippen molar-refractivity contribution in [2.24, 2.45) is 17.4 Å². The van der Waals surface area contributed by atoms with Gasteiger partial charge in [-0.3, -0.25) is 9.59 Å². The molecular formula is C18H32CuN6O4. The van der Waals surface area contributed by atoms with Gasteiger partial charge in [-0.2, -0.15) is 0 Å². The number of carbonyl (C=O) groups excluding carboxylic acids is 2. The van der Waals surface area contributed by atoms with Crippen LogP contribution in [0, 0.1) is 5.92 Å². The normalized spacial score (nSPS) is 13.8. The number of aliphatic carboxylic acids is 1. The van der Waals surface area contributed by atoms with E-state index in [0.717, 1.165) is 0 Å². The summed E-state index contributed by atoms with van der Waals surface area (Å²) >= 11 is 0. The summed E-state index contributed by atoms with van der Waals surface area (Å²) in [6, 6.07) is -2.77. The van der Waals surface area contributed by atoms with E-state index < -0.39 is 35.9 Å². The average molecular weight is 460 g/mol. The van der Waals surface area contributed by atoms with Crippen molar-refractivity contribution in [1.82, 2.24) is 20.6 Å². The first-order valence-corrected chi connectivity index (χ1v) is 9.51. The van der Waals surface area contributed by atoms with Gasteiger partial charge in [-0.15, -0.1) is 0 Å². The van der Waals surface area contributed by atoms with E-state index in [0.29, 0.717) is 31.5 Å². The standard InChI is InChI=1S/C18H32N6O4.Cu/c1-11(2)7-13(20)16(25)24-15(8-12-9-21-10-22-12)17(26)23-14(18(27)28)5-3-4-6-19;/h9-11,13-15H,3-8,19-20H2,1-2H3,(H,21,22)(H,23,26)(H,24,25)(H,27,28);. The molecule has 2 amide bonds. The Morgan fingerprint density at radius 3 is 2.34 bits per heavy atom. The molecule has 29 heavy (non-hydrogen) atoms. The third-order valence-corrected chi connectivity index (χ3v) is 4.24. The summed E-state index contributed by atoms with van der Waals surface area (Å²) < 4.78 is 0. The van der Waals surface area contributed by atoms with Gasteiger partial charge >= 0.3 is 5.97 Å². The third-order valence-electron chi connectivity index (χ3n) is 4.24. The second kappa shape index (κ2) is 14.1. The molecule has 1 rings (SSSR count). The van der Waals surface area contributed by atoms with E-state index in [-0.39, 0.29) is 35.8 Å². The van der Waals surface area contributed by atoms with Gasteiger partial charge < -0.3 is 32.2 Å². The molecule has 0 spiro atoms. The van der Waals surface area contributed by atoms with Crippen molar-refractivity contribution in [3.8, 4) is 0 Å². The molecule has 8 N–H and O–H groups in total. The average Bonchev–Trinajstić information content (AvgIpc) is 3.12. The van der Waals surface area contributed by atoms with Gasteiger partial charge in [0.2, 0.25) is 11.8 Å². The smallest absolute Gasteiger partial charge is 0.326 e. The Bertz CT molecular complexity index is 626. The van der Waals surface area contributed by atoms with Gasteiger partial charge in [-0.1, -0.05) is 13.8 Å². The van der Waals surface area contributed by atoms with Crippen LogP contribution >= 0.6 is 0 Å². The number of carbonyl (C=O) groups is 3. The molecule has 1 heterocycles. The number of imidazole rings is 1. The predicted octanol–water partition coefficient (Wildman–Crippen LogP) is -0.494. The number of nitrogens with two attached hydrogens (primary N) is 2. The van der Waals surface area contributed by atoms with Gasteiger partial charge in [0.25, 0.3) is 0 Å². The molecule has 0 fully saturated rings. The minimum absolute atomic E-state index is 0. The maximum absolute atomic E-state index is 12.7. The minimum Gasteiger partial charge on any atom is -0.480 e. The van der Waals surface area contributed by atoms with Crippen molar-refractivity contribution >= 4 is 17.8 Å². The van der Waals surface area contributed by atoms with E-state index in [1.165, 1.54) is 12.5 Å². The molecule has 11 heteroatoms. The zero-order chi connectivity index (χ0) is 21.1. The number of rotatable bonds is 13. The van der Waals surface area contributed by atoms with E-state index in [4.69, 9.17) is 11.5 Å². The molecule has 10 nitrogen and oxygen atoms in total. The summed E-state index contributed by atoms with van der Waals surface area (Å²) in [6.45, 7) is 4.34. The van der Waals surface area contributed by atoms with Gasteiger partial charge in [0.15, 0.2) is 0 Å². The second-order valence-electron chi connectivity index (χ2n) is 7.26. The number of aromatic nitrogens is 2. The van der Waals surface area contributed by atoms with Crippen molar-refractivity contribution in [3.05, 3.63) is 18.2 Å². The number of hydrogen-bond donors (Lipinski definition) is 6. The first kappa shape index (κ1) is 27.1. The second-order valence-corrected chi connectivity index (χ2v) is 7.26. The van der Waals surface area contributed by atoms with Crippen molar-refractivity contribution < 1.29 is 36.6 Å². The van der Waals surface area contributed by atoms with Crippen LogP contribution in [0.15, 0.2) is 12.5 Å². The fraction of sp³-hybridized carbons (Fsp3) is 0.667.